The largest absolute Gasteiger partial charge is 0.464 e. The minimum absolute atomic E-state index is 0.0140. The fourth-order valence-electron chi connectivity index (χ4n) is 4.00. The maximum absolute atomic E-state index is 12.9. The van der Waals surface area contributed by atoms with Crippen LogP contribution in [-0.2, 0) is 15.0 Å². The molecule has 0 saturated heterocycles. The Hall–Kier alpha value is -4.19. The van der Waals surface area contributed by atoms with Gasteiger partial charge in [-0.1, -0.05) is 91.0 Å². The summed E-state index contributed by atoms with van der Waals surface area (Å²) in [5.74, 6) is -1.25. The molecule has 0 saturated carbocycles. The first-order valence-corrected chi connectivity index (χ1v) is 10.1. The number of hydrogen-bond donors (Lipinski definition) is 0. The fraction of sp³-hybridized carbons (Fsp3) is 0.115. The molecule has 0 bridgehead atoms. The van der Waals surface area contributed by atoms with Crippen LogP contribution in [0.25, 0.3) is 0 Å². The van der Waals surface area contributed by atoms with Crippen molar-refractivity contribution in [2.45, 2.75) is 5.54 Å². The first kappa shape index (κ1) is 21.1. The second-order valence-corrected chi connectivity index (χ2v) is 7.12. The summed E-state index contributed by atoms with van der Waals surface area (Å²) in [5, 5.41) is 4.59. The zero-order valence-corrected chi connectivity index (χ0v) is 17.8. The average molecular weight is 426 g/mol. The van der Waals surface area contributed by atoms with E-state index in [1.165, 1.54) is 20.3 Å². The van der Waals surface area contributed by atoms with Crippen LogP contribution in [0.2, 0.25) is 0 Å². The highest BCUT2D eigenvalue weighted by Crippen LogP contribution is 2.41. The van der Waals surface area contributed by atoms with Gasteiger partial charge in [0.1, 0.15) is 11.2 Å². The van der Waals surface area contributed by atoms with Crippen molar-refractivity contribution in [3.63, 3.8) is 0 Å². The number of ether oxygens (including phenoxy) is 2. The zero-order valence-electron chi connectivity index (χ0n) is 17.8. The number of carbonyl (C=O) groups excluding carboxylic acids is 2. The van der Waals surface area contributed by atoms with E-state index in [1.54, 1.807) is 4.68 Å². The predicted molar refractivity (Wildman–Crippen MR) is 120 cm³/mol. The lowest BCUT2D eigenvalue weighted by Gasteiger charge is -2.37. The van der Waals surface area contributed by atoms with Crippen LogP contribution in [0.5, 0.6) is 0 Å². The molecular formula is C26H22N2O4. The highest BCUT2D eigenvalue weighted by molar-refractivity contribution is 5.93. The van der Waals surface area contributed by atoms with Crippen LogP contribution in [0, 0.1) is 0 Å². The van der Waals surface area contributed by atoms with Crippen LogP contribution >= 0.6 is 0 Å². The van der Waals surface area contributed by atoms with Crippen molar-refractivity contribution in [1.29, 1.82) is 0 Å². The molecule has 0 radical (unpaired) electrons. The monoisotopic (exact) mass is 426 g/mol. The number of carbonyl (C=O) groups is 2. The third-order valence-electron chi connectivity index (χ3n) is 5.39. The van der Waals surface area contributed by atoms with Crippen LogP contribution in [-0.4, -0.2) is 35.9 Å². The summed E-state index contributed by atoms with van der Waals surface area (Å²) < 4.78 is 11.5. The van der Waals surface area contributed by atoms with Gasteiger partial charge in [-0.05, 0) is 16.7 Å². The van der Waals surface area contributed by atoms with Crippen molar-refractivity contribution >= 4 is 11.9 Å². The molecule has 6 nitrogen and oxygen atoms in total. The van der Waals surface area contributed by atoms with E-state index < -0.39 is 17.5 Å². The van der Waals surface area contributed by atoms with E-state index in [0.717, 1.165) is 16.7 Å². The lowest BCUT2D eigenvalue weighted by Crippen LogP contribution is -2.40. The van der Waals surface area contributed by atoms with E-state index in [2.05, 4.69) is 5.10 Å². The Labute approximate surface area is 186 Å². The minimum Gasteiger partial charge on any atom is -0.464 e. The number of benzene rings is 3. The smallest absolute Gasteiger partial charge is 0.358 e. The topological polar surface area (TPSA) is 70.4 Å². The van der Waals surface area contributed by atoms with Crippen molar-refractivity contribution in [2.24, 2.45) is 0 Å². The van der Waals surface area contributed by atoms with Gasteiger partial charge in [-0.15, -0.1) is 0 Å². The Morgan fingerprint density at radius 2 is 1.09 bits per heavy atom. The molecule has 0 N–H and O–H groups in total. The third-order valence-corrected chi connectivity index (χ3v) is 5.39. The van der Waals surface area contributed by atoms with Crippen molar-refractivity contribution in [3.05, 3.63) is 125 Å². The molecule has 3 aromatic carbocycles. The summed E-state index contributed by atoms with van der Waals surface area (Å²) in [6.45, 7) is 0. The number of esters is 2. The second kappa shape index (κ2) is 8.89. The highest BCUT2D eigenvalue weighted by atomic mass is 16.5. The summed E-state index contributed by atoms with van der Waals surface area (Å²) >= 11 is 0. The quantitative estimate of drug-likeness (QED) is 0.340. The predicted octanol–water partition coefficient (Wildman–Crippen LogP) is 4.30. The number of hydrogen-bond acceptors (Lipinski definition) is 5. The Morgan fingerprint density at radius 3 is 1.47 bits per heavy atom. The molecule has 0 fully saturated rings. The minimum atomic E-state index is -1.06. The van der Waals surface area contributed by atoms with Gasteiger partial charge in [0.2, 0.25) is 0 Å². The standard InChI is InChI=1S/C26H22N2O4/c1-31-24(29)22-18-23(25(30)32-2)28(27-22)26(19-12-6-3-7-13-19,20-14-8-4-9-15-20)21-16-10-5-11-17-21/h3-18H,1-2H3. The molecule has 0 aliphatic carbocycles. The van der Waals surface area contributed by atoms with Crippen molar-refractivity contribution < 1.29 is 19.1 Å². The Kier molecular flexibility index (Phi) is 5.85. The molecule has 0 spiro atoms. The molecule has 0 unspecified atom stereocenters. The zero-order chi connectivity index (χ0) is 22.6. The number of aromatic nitrogens is 2. The third kappa shape index (κ3) is 3.46. The average Bonchev–Trinajstić information content (AvgIpc) is 3.31. The van der Waals surface area contributed by atoms with Crippen molar-refractivity contribution in [1.82, 2.24) is 9.78 Å². The maximum Gasteiger partial charge on any atom is 0.358 e. The van der Waals surface area contributed by atoms with Gasteiger partial charge >= 0.3 is 11.9 Å². The van der Waals surface area contributed by atoms with Crippen molar-refractivity contribution in [2.75, 3.05) is 14.2 Å². The molecule has 0 aliphatic rings. The van der Waals surface area contributed by atoms with E-state index in [-0.39, 0.29) is 11.4 Å². The second-order valence-electron chi connectivity index (χ2n) is 7.12. The Balaban J connectivity index is 2.18. The number of nitrogens with zero attached hydrogens (tertiary/aromatic N) is 2. The molecule has 0 aliphatic heterocycles. The summed E-state index contributed by atoms with van der Waals surface area (Å²) in [5.41, 5.74) is 1.68. The molecule has 0 amide bonds. The van der Waals surface area contributed by atoms with Crippen LogP contribution in [0.15, 0.2) is 97.1 Å². The van der Waals surface area contributed by atoms with Crippen LogP contribution < -0.4 is 0 Å². The van der Waals surface area contributed by atoms with Gasteiger partial charge < -0.3 is 9.47 Å². The molecule has 4 aromatic rings. The van der Waals surface area contributed by atoms with E-state index in [4.69, 9.17) is 9.47 Å². The first-order chi connectivity index (χ1) is 15.6. The van der Waals surface area contributed by atoms with E-state index in [1.807, 2.05) is 91.0 Å². The van der Waals surface area contributed by atoms with Gasteiger partial charge in [0, 0.05) is 6.07 Å². The molecule has 32 heavy (non-hydrogen) atoms. The fourth-order valence-corrected chi connectivity index (χ4v) is 4.00. The lowest BCUT2D eigenvalue weighted by atomic mass is 9.77. The molecular weight excluding hydrogens is 404 g/mol. The lowest BCUT2D eigenvalue weighted by molar-refractivity contribution is 0.0577. The van der Waals surface area contributed by atoms with Gasteiger partial charge in [0.05, 0.1) is 14.2 Å². The van der Waals surface area contributed by atoms with Crippen LogP contribution in [0.1, 0.15) is 37.7 Å². The maximum atomic E-state index is 12.9. The van der Waals surface area contributed by atoms with Gasteiger partial charge in [-0.25, -0.2) is 14.3 Å². The summed E-state index contributed by atoms with van der Waals surface area (Å²) in [7, 11) is 2.57. The molecule has 1 heterocycles. The SMILES string of the molecule is COC(=O)c1cc(C(=O)OC)n(C(c2ccccc2)(c2ccccc2)c2ccccc2)n1. The molecule has 160 valence electrons. The molecule has 4 rings (SSSR count). The molecule has 6 heteroatoms. The molecule has 1 aromatic heterocycles. The number of rotatable bonds is 6. The first-order valence-electron chi connectivity index (χ1n) is 10.1. The highest BCUT2D eigenvalue weighted by Gasteiger charge is 2.42. The summed E-state index contributed by atoms with van der Waals surface area (Å²) in [4.78, 5) is 25.2. The van der Waals surface area contributed by atoms with Crippen molar-refractivity contribution in [3.8, 4) is 0 Å². The van der Waals surface area contributed by atoms with Gasteiger partial charge in [0.25, 0.3) is 0 Å². The van der Waals surface area contributed by atoms with E-state index in [0.29, 0.717) is 0 Å². The Bertz CT molecular complexity index is 1120. The van der Waals surface area contributed by atoms with Gasteiger partial charge in [0.15, 0.2) is 5.69 Å². The summed E-state index contributed by atoms with van der Waals surface area (Å²) in [6, 6.07) is 30.6. The normalized spacial score (nSPS) is 11.1. The van der Waals surface area contributed by atoms with Crippen LogP contribution in [0.3, 0.4) is 0 Å². The van der Waals surface area contributed by atoms with E-state index in [9.17, 15) is 9.59 Å². The van der Waals surface area contributed by atoms with Gasteiger partial charge in [-0.2, -0.15) is 5.10 Å². The summed E-state index contributed by atoms with van der Waals surface area (Å²) in [6.07, 6.45) is 0. The van der Waals surface area contributed by atoms with Gasteiger partial charge in [-0.3, -0.25) is 0 Å². The van der Waals surface area contributed by atoms with E-state index >= 15 is 0 Å². The van der Waals surface area contributed by atoms with Crippen LogP contribution in [0.4, 0.5) is 0 Å². The Morgan fingerprint density at radius 1 is 0.688 bits per heavy atom. The molecule has 0 atom stereocenters. The number of methoxy groups -OCH3 is 2.